The average molecular weight is 285 g/mol. The second kappa shape index (κ2) is 5.48. The molecule has 0 aliphatic carbocycles. The van der Waals surface area contributed by atoms with Crippen LogP contribution in [0, 0.1) is 0 Å². The Balaban J connectivity index is 2.80. The highest BCUT2D eigenvalue weighted by atomic mass is 79.9. The number of hydrogen-bond acceptors (Lipinski definition) is 2. The summed E-state index contributed by atoms with van der Waals surface area (Å²) in [5.41, 5.74) is 0.542. The summed E-state index contributed by atoms with van der Waals surface area (Å²) in [6.07, 6.45) is 0. The Labute approximate surface area is 105 Å². The third kappa shape index (κ3) is 3.97. The predicted octanol–water partition coefficient (Wildman–Crippen LogP) is 3.51. The maximum Gasteiger partial charge on any atom is 0.314 e. The first-order valence-corrected chi connectivity index (χ1v) is 6.40. The number of carbonyl (C=O) groups excluding carboxylic acids is 1. The third-order valence-electron chi connectivity index (χ3n) is 2.05. The molecule has 16 heavy (non-hydrogen) atoms. The second-order valence-electron chi connectivity index (χ2n) is 4.65. The van der Waals surface area contributed by atoms with Gasteiger partial charge in [-0.15, -0.1) is 0 Å². The number of benzene rings is 1. The van der Waals surface area contributed by atoms with Crippen LogP contribution in [0.15, 0.2) is 30.3 Å². The van der Waals surface area contributed by atoms with Crippen LogP contribution in [0.1, 0.15) is 32.3 Å². The second-order valence-corrected chi connectivity index (χ2v) is 5.30. The van der Waals surface area contributed by atoms with E-state index in [1.807, 2.05) is 51.1 Å². The van der Waals surface area contributed by atoms with E-state index in [0.29, 0.717) is 5.33 Å². The lowest BCUT2D eigenvalue weighted by molar-refractivity contribution is -0.156. The molecule has 1 rings (SSSR count). The van der Waals surface area contributed by atoms with Crippen LogP contribution in [0.5, 0.6) is 0 Å². The van der Waals surface area contributed by atoms with E-state index in [4.69, 9.17) is 4.74 Å². The van der Waals surface area contributed by atoms with Crippen molar-refractivity contribution in [2.24, 2.45) is 0 Å². The molecule has 0 amide bonds. The van der Waals surface area contributed by atoms with Gasteiger partial charge >= 0.3 is 5.97 Å². The van der Waals surface area contributed by atoms with Gasteiger partial charge in [0.05, 0.1) is 5.92 Å². The van der Waals surface area contributed by atoms with Crippen LogP contribution in [-0.4, -0.2) is 16.9 Å². The van der Waals surface area contributed by atoms with Gasteiger partial charge in [0.2, 0.25) is 0 Å². The molecule has 3 heteroatoms. The number of esters is 1. The van der Waals surface area contributed by atoms with Gasteiger partial charge in [-0.25, -0.2) is 0 Å². The van der Waals surface area contributed by atoms with Crippen LogP contribution >= 0.6 is 15.9 Å². The number of halogens is 1. The highest BCUT2D eigenvalue weighted by molar-refractivity contribution is 9.09. The van der Waals surface area contributed by atoms with Crippen molar-refractivity contribution < 1.29 is 9.53 Å². The van der Waals surface area contributed by atoms with Crippen molar-refractivity contribution in [1.82, 2.24) is 0 Å². The summed E-state index contributed by atoms with van der Waals surface area (Å²) in [6.45, 7) is 5.63. The maximum atomic E-state index is 11.9. The van der Waals surface area contributed by atoms with Crippen LogP contribution in [0.3, 0.4) is 0 Å². The third-order valence-corrected chi connectivity index (χ3v) is 2.70. The standard InChI is InChI=1S/C13H17BrO2/c1-13(2,3)16-12(15)11(9-14)10-7-5-4-6-8-10/h4-8,11H,9H2,1-3H3. The molecule has 0 aliphatic heterocycles. The van der Waals surface area contributed by atoms with E-state index >= 15 is 0 Å². The van der Waals surface area contributed by atoms with Crippen molar-refractivity contribution in [2.75, 3.05) is 5.33 Å². The molecule has 1 aromatic carbocycles. The molecule has 0 saturated carbocycles. The van der Waals surface area contributed by atoms with Crippen LogP contribution in [0.2, 0.25) is 0 Å². The highest BCUT2D eigenvalue weighted by Crippen LogP contribution is 2.22. The summed E-state index contributed by atoms with van der Waals surface area (Å²) in [5, 5.41) is 0.575. The first kappa shape index (κ1) is 13.2. The normalized spacial score (nSPS) is 13.2. The molecule has 0 N–H and O–H groups in total. The highest BCUT2D eigenvalue weighted by Gasteiger charge is 2.25. The molecular formula is C13H17BrO2. The van der Waals surface area contributed by atoms with Crippen molar-refractivity contribution in [3.63, 3.8) is 0 Å². The lowest BCUT2D eigenvalue weighted by Crippen LogP contribution is -2.28. The molecule has 0 aliphatic rings. The van der Waals surface area contributed by atoms with Gasteiger partial charge in [0.25, 0.3) is 0 Å². The van der Waals surface area contributed by atoms with Gasteiger partial charge in [0.1, 0.15) is 5.60 Å². The van der Waals surface area contributed by atoms with Crippen molar-refractivity contribution in [3.8, 4) is 0 Å². The molecule has 1 aromatic rings. The molecule has 0 spiro atoms. The largest absolute Gasteiger partial charge is 0.459 e. The summed E-state index contributed by atoms with van der Waals surface area (Å²) in [6, 6.07) is 9.67. The first-order valence-electron chi connectivity index (χ1n) is 5.28. The van der Waals surface area contributed by atoms with Gasteiger partial charge in [-0.3, -0.25) is 4.79 Å². The number of ether oxygens (including phenoxy) is 1. The number of carbonyl (C=O) groups is 1. The Morgan fingerprint density at radius 3 is 2.31 bits per heavy atom. The fourth-order valence-corrected chi connectivity index (χ4v) is 1.98. The van der Waals surface area contributed by atoms with Gasteiger partial charge in [0, 0.05) is 5.33 Å². The van der Waals surface area contributed by atoms with E-state index in [0.717, 1.165) is 5.56 Å². The Morgan fingerprint density at radius 2 is 1.88 bits per heavy atom. The fourth-order valence-electron chi connectivity index (χ4n) is 1.35. The summed E-state index contributed by atoms with van der Waals surface area (Å²) < 4.78 is 5.38. The molecule has 88 valence electrons. The molecule has 0 aromatic heterocycles. The smallest absolute Gasteiger partial charge is 0.314 e. The van der Waals surface area contributed by atoms with Gasteiger partial charge in [-0.2, -0.15) is 0 Å². The Bertz CT molecular complexity index is 341. The van der Waals surface area contributed by atoms with Crippen molar-refractivity contribution in [1.29, 1.82) is 0 Å². The zero-order chi connectivity index (χ0) is 12.2. The van der Waals surface area contributed by atoms with Crippen LogP contribution < -0.4 is 0 Å². The van der Waals surface area contributed by atoms with Gasteiger partial charge in [0.15, 0.2) is 0 Å². The average Bonchev–Trinajstić information content (AvgIpc) is 2.17. The predicted molar refractivity (Wildman–Crippen MR) is 68.8 cm³/mol. The molecule has 1 unspecified atom stereocenters. The lowest BCUT2D eigenvalue weighted by Gasteiger charge is -2.23. The topological polar surface area (TPSA) is 26.3 Å². The quantitative estimate of drug-likeness (QED) is 0.627. The Kier molecular flexibility index (Phi) is 4.54. The zero-order valence-corrected chi connectivity index (χ0v) is 11.5. The van der Waals surface area contributed by atoms with E-state index in [2.05, 4.69) is 15.9 Å². The van der Waals surface area contributed by atoms with E-state index in [9.17, 15) is 4.79 Å². The Morgan fingerprint density at radius 1 is 1.31 bits per heavy atom. The Hall–Kier alpha value is -0.830. The van der Waals surface area contributed by atoms with E-state index < -0.39 is 5.60 Å². The lowest BCUT2D eigenvalue weighted by atomic mass is 10.0. The van der Waals surface area contributed by atoms with Crippen LogP contribution in [0.4, 0.5) is 0 Å². The van der Waals surface area contributed by atoms with E-state index in [1.165, 1.54) is 0 Å². The summed E-state index contributed by atoms with van der Waals surface area (Å²) in [4.78, 5) is 11.9. The fraction of sp³-hybridized carbons (Fsp3) is 0.462. The molecule has 0 radical (unpaired) electrons. The number of alkyl halides is 1. The van der Waals surface area contributed by atoms with Crippen molar-refractivity contribution in [2.45, 2.75) is 32.3 Å². The summed E-state index contributed by atoms with van der Waals surface area (Å²) in [5.74, 6) is -0.420. The van der Waals surface area contributed by atoms with Gasteiger partial charge in [-0.05, 0) is 26.3 Å². The van der Waals surface area contributed by atoms with Gasteiger partial charge in [-0.1, -0.05) is 46.3 Å². The minimum atomic E-state index is -0.438. The molecular weight excluding hydrogens is 268 g/mol. The minimum absolute atomic E-state index is 0.185. The SMILES string of the molecule is CC(C)(C)OC(=O)C(CBr)c1ccccc1. The minimum Gasteiger partial charge on any atom is -0.459 e. The van der Waals surface area contributed by atoms with Gasteiger partial charge < -0.3 is 4.74 Å². The molecule has 0 saturated heterocycles. The summed E-state index contributed by atoms with van der Waals surface area (Å²) in [7, 11) is 0. The van der Waals surface area contributed by atoms with Crippen molar-refractivity contribution >= 4 is 21.9 Å². The molecule has 1 atom stereocenters. The first-order chi connectivity index (χ1) is 7.44. The van der Waals surface area contributed by atoms with Crippen LogP contribution in [-0.2, 0) is 9.53 Å². The zero-order valence-electron chi connectivity index (χ0n) is 9.87. The molecule has 0 fully saturated rings. The number of rotatable bonds is 3. The summed E-state index contributed by atoms with van der Waals surface area (Å²) >= 11 is 3.36. The molecule has 2 nitrogen and oxygen atoms in total. The monoisotopic (exact) mass is 284 g/mol. The maximum absolute atomic E-state index is 11.9. The molecule has 0 bridgehead atoms. The molecule has 0 heterocycles. The van der Waals surface area contributed by atoms with Crippen molar-refractivity contribution in [3.05, 3.63) is 35.9 Å². The van der Waals surface area contributed by atoms with E-state index in [1.54, 1.807) is 0 Å². The van der Waals surface area contributed by atoms with Crippen LogP contribution in [0.25, 0.3) is 0 Å². The van der Waals surface area contributed by atoms with E-state index in [-0.39, 0.29) is 11.9 Å². The number of hydrogen-bond donors (Lipinski definition) is 0.